The number of halogens is 3. The standard InChI is InChI=1S/C21H23F2NO2.C17H21ClN2O2S/c1-5-25-18-11-13(21(2,3)4)9-10-14(18)17-12-26-20(24-17)19-15(22)7-6-8-16(19)23;1-11-15(12-7-9-13(18)10-8-12)23-17(22)20(11)16(21)19-14-5-3-2-4-6-14/h6-11,17H,5,12H2,1-4H3;7-11,14-15H,2-6H2,1H3,(H,19,21). The number of benzene rings is 3. The fourth-order valence-electron chi connectivity index (χ4n) is 6.25. The van der Waals surface area contributed by atoms with Crippen LogP contribution in [-0.4, -0.2) is 47.4 Å². The van der Waals surface area contributed by atoms with Gasteiger partial charge in [-0.2, -0.15) is 0 Å². The molecule has 262 valence electrons. The van der Waals surface area contributed by atoms with Crippen molar-refractivity contribution in [1.82, 2.24) is 10.2 Å². The van der Waals surface area contributed by atoms with Crippen LogP contribution < -0.4 is 10.1 Å². The van der Waals surface area contributed by atoms with Gasteiger partial charge in [-0.25, -0.2) is 18.6 Å². The number of thioether (sulfide) groups is 1. The van der Waals surface area contributed by atoms with Crippen molar-refractivity contribution in [3.8, 4) is 5.75 Å². The molecule has 7 nitrogen and oxygen atoms in total. The number of nitrogens with zero attached hydrogens (tertiary/aromatic N) is 2. The van der Waals surface area contributed by atoms with Crippen molar-refractivity contribution in [1.29, 1.82) is 0 Å². The molecule has 3 unspecified atom stereocenters. The van der Waals surface area contributed by atoms with Gasteiger partial charge in [0, 0.05) is 16.6 Å². The average Bonchev–Trinajstić information content (AvgIpc) is 3.66. The number of hydrogen-bond donors (Lipinski definition) is 1. The van der Waals surface area contributed by atoms with Crippen LogP contribution in [0.25, 0.3) is 0 Å². The molecule has 3 aromatic carbocycles. The fraction of sp³-hybridized carbons (Fsp3) is 0.447. The van der Waals surface area contributed by atoms with Crippen molar-refractivity contribution in [2.24, 2.45) is 4.99 Å². The lowest BCUT2D eigenvalue weighted by Gasteiger charge is -2.27. The molecule has 6 rings (SSSR count). The first-order chi connectivity index (χ1) is 23.4. The van der Waals surface area contributed by atoms with Gasteiger partial charge in [0.25, 0.3) is 5.24 Å². The third-order valence-electron chi connectivity index (χ3n) is 8.99. The molecule has 0 bridgehead atoms. The molecule has 0 aromatic heterocycles. The molecular formula is C38H44ClF2N3O4S. The molecule has 49 heavy (non-hydrogen) atoms. The van der Waals surface area contributed by atoms with Crippen molar-refractivity contribution in [3.63, 3.8) is 0 Å². The van der Waals surface area contributed by atoms with Gasteiger partial charge < -0.3 is 14.8 Å². The number of urea groups is 1. The van der Waals surface area contributed by atoms with Crippen LogP contribution in [0.2, 0.25) is 5.02 Å². The molecule has 1 N–H and O–H groups in total. The maximum atomic E-state index is 14.0. The summed E-state index contributed by atoms with van der Waals surface area (Å²) in [5, 5.41) is 3.48. The highest BCUT2D eigenvalue weighted by molar-refractivity contribution is 8.14. The van der Waals surface area contributed by atoms with Gasteiger partial charge >= 0.3 is 6.03 Å². The second kappa shape index (κ2) is 15.9. The van der Waals surface area contributed by atoms with E-state index >= 15 is 0 Å². The zero-order chi connectivity index (χ0) is 35.3. The van der Waals surface area contributed by atoms with Gasteiger partial charge in [0.2, 0.25) is 5.90 Å². The highest BCUT2D eigenvalue weighted by Crippen LogP contribution is 2.43. The second-order valence-electron chi connectivity index (χ2n) is 13.5. The Kier molecular flexibility index (Phi) is 11.9. The normalized spacial score (nSPS) is 21.1. The summed E-state index contributed by atoms with van der Waals surface area (Å²) in [6, 6.07) is 16.6. The Hall–Kier alpha value is -3.63. The van der Waals surface area contributed by atoms with Crippen molar-refractivity contribution >= 4 is 40.5 Å². The van der Waals surface area contributed by atoms with Gasteiger partial charge in [-0.3, -0.25) is 9.69 Å². The van der Waals surface area contributed by atoms with Crippen LogP contribution in [0.3, 0.4) is 0 Å². The van der Waals surface area contributed by atoms with E-state index in [0.29, 0.717) is 11.6 Å². The van der Waals surface area contributed by atoms with Gasteiger partial charge in [-0.15, -0.1) is 0 Å². The third kappa shape index (κ3) is 8.76. The molecular weight excluding hydrogens is 668 g/mol. The number of imide groups is 1. The smallest absolute Gasteiger partial charge is 0.325 e. The fourth-order valence-corrected chi connectivity index (χ4v) is 7.57. The number of amides is 3. The largest absolute Gasteiger partial charge is 0.494 e. The van der Waals surface area contributed by atoms with E-state index in [-0.39, 0.29) is 58.1 Å². The van der Waals surface area contributed by atoms with Crippen LogP contribution in [0.5, 0.6) is 5.75 Å². The first kappa shape index (κ1) is 36.6. The first-order valence-electron chi connectivity index (χ1n) is 16.8. The molecule has 3 amide bonds. The summed E-state index contributed by atoms with van der Waals surface area (Å²) in [5.74, 6) is -0.643. The number of aliphatic imine (C=N–C) groups is 1. The van der Waals surface area contributed by atoms with E-state index in [1.807, 2.05) is 56.3 Å². The molecule has 1 saturated carbocycles. The number of ether oxygens (including phenoxy) is 2. The van der Waals surface area contributed by atoms with Crippen molar-refractivity contribution in [2.45, 2.75) is 95.5 Å². The third-order valence-corrected chi connectivity index (χ3v) is 10.6. The summed E-state index contributed by atoms with van der Waals surface area (Å²) >= 11 is 7.14. The van der Waals surface area contributed by atoms with Crippen molar-refractivity contribution in [3.05, 3.63) is 99.6 Å². The molecule has 1 aliphatic carbocycles. The van der Waals surface area contributed by atoms with Crippen molar-refractivity contribution in [2.75, 3.05) is 13.2 Å². The van der Waals surface area contributed by atoms with Crippen LogP contribution in [0.1, 0.15) is 100 Å². The molecule has 3 aliphatic rings. The summed E-state index contributed by atoms with van der Waals surface area (Å²) in [6.45, 7) is 11.0. The van der Waals surface area contributed by atoms with Gasteiger partial charge in [0.05, 0.1) is 17.9 Å². The summed E-state index contributed by atoms with van der Waals surface area (Å²) in [7, 11) is 0. The van der Waals surface area contributed by atoms with E-state index in [2.05, 4.69) is 31.1 Å². The zero-order valence-corrected chi connectivity index (χ0v) is 30.2. The van der Waals surface area contributed by atoms with Gasteiger partial charge in [-0.1, -0.05) is 93.7 Å². The van der Waals surface area contributed by atoms with E-state index < -0.39 is 11.6 Å². The maximum Gasteiger partial charge on any atom is 0.325 e. The summed E-state index contributed by atoms with van der Waals surface area (Å²) < 4.78 is 39.3. The van der Waals surface area contributed by atoms with Crippen LogP contribution >= 0.6 is 23.4 Å². The molecule has 3 atom stereocenters. The minimum Gasteiger partial charge on any atom is -0.494 e. The number of carbonyl (C=O) groups excluding carboxylic acids is 2. The number of carbonyl (C=O) groups is 2. The van der Waals surface area contributed by atoms with Crippen LogP contribution in [0.4, 0.5) is 18.4 Å². The topological polar surface area (TPSA) is 80.2 Å². The van der Waals surface area contributed by atoms with Gasteiger partial charge in [0.15, 0.2) is 0 Å². The Morgan fingerprint density at radius 1 is 1.06 bits per heavy atom. The molecule has 11 heteroatoms. The molecule has 0 radical (unpaired) electrons. The molecule has 0 spiro atoms. The lowest BCUT2D eigenvalue weighted by molar-refractivity contribution is 0.184. The minimum absolute atomic E-state index is 0.00653. The van der Waals surface area contributed by atoms with E-state index in [1.165, 1.54) is 41.3 Å². The van der Waals surface area contributed by atoms with Crippen LogP contribution in [0, 0.1) is 11.6 Å². The maximum absolute atomic E-state index is 14.0. The van der Waals surface area contributed by atoms with E-state index in [4.69, 9.17) is 21.1 Å². The van der Waals surface area contributed by atoms with Crippen LogP contribution in [0.15, 0.2) is 65.7 Å². The second-order valence-corrected chi connectivity index (χ2v) is 15.1. The monoisotopic (exact) mass is 711 g/mol. The SMILES string of the molecule is CC1C(c2ccc(Cl)cc2)SC(=O)N1C(=O)NC1CCCCC1.CCOc1cc(C(C)(C)C)ccc1C1COC(c2c(F)cccc2F)=N1. The Morgan fingerprint density at radius 2 is 1.73 bits per heavy atom. The lowest BCUT2D eigenvalue weighted by atomic mass is 9.86. The van der Waals surface area contributed by atoms with E-state index in [1.54, 1.807) is 0 Å². The van der Waals surface area contributed by atoms with Crippen molar-refractivity contribution < 1.29 is 27.8 Å². The van der Waals surface area contributed by atoms with Crippen LogP contribution in [-0.2, 0) is 10.2 Å². The molecule has 1 saturated heterocycles. The number of rotatable bonds is 6. The summed E-state index contributed by atoms with van der Waals surface area (Å²) in [5.41, 5.74) is 2.79. The molecule has 3 aromatic rings. The predicted molar refractivity (Wildman–Crippen MR) is 192 cm³/mol. The average molecular weight is 712 g/mol. The molecule has 2 heterocycles. The summed E-state index contributed by atoms with van der Waals surface area (Å²) in [6.07, 6.45) is 5.55. The summed E-state index contributed by atoms with van der Waals surface area (Å²) in [4.78, 5) is 30.6. The number of hydrogen-bond acceptors (Lipinski definition) is 6. The Morgan fingerprint density at radius 3 is 2.37 bits per heavy atom. The predicted octanol–water partition coefficient (Wildman–Crippen LogP) is 10.2. The Labute approximate surface area is 296 Å². The Balaban J connectivity index is 0.000000192. The van der Waals surface area contributed by atoms with E-state index in [9.17, 15) is 18.4 Å². The molecule has 2 aliphatic heterocycles. The Bertz CT molecular complexity index is 1650. The number of nitrogens with one attached hydrogen (secondary N) is 1. The quantitative estimate of drug-likeness (QED) is 0.275. The first-order valence-corrected chi connectivity index (χ1v) is 18.1. The highest BCUT2D eigenvalue weighted by Gasteiger charge is 2.42. The highest BCUT2D eigenvalue weighted by atomic mass is 35.5. The molecule has 2 fully saturated rings. The van der Waals surface area contributed by atoms with E-state index in [0.717, 1.165) is 48.1 Å². The van der Waals surface area contributed by atoms with Gasteiger partial charge in [-0.05, 0) is 73.6 Å². The van der Waals surface area contributed by atoms with Gasteiger partial charge in [0.1, 0.15) is 35.6 Å². The zero-order valence-electron chi connectivity index (χ0n) is 28.6. The lowest BCUT2D eigenvalue weighted by Crippen LogP contribution is -2.48. The minimum atomic E-state index is -0.683.